The Morgan fingerprint density at radius 2 is 0.843 bits per heavy atom. The molecule has 0 bridgehead atoms. The molecule has 2 saturated heterocycles. The summed E-state index contributed by atoms with van der Waals surface area (Å²) in [6, 6.07) is -0.483. The maximum absolute atomic E-state index is 13.1. The Balaban J connectivity index is 0.000000259. The molecule has 6 fully saturated rings. The number of nitrogens with zero attached hydrogens (tertiary/aromatic N) is 6. The van der Waals surface area contributed by atoms with Gasteiger partial charge in [-0.05, 0) is 152 Å². The Morgan fingerprint density at radius 1 is 0.481 bits per heavy atom. The molecule has 2 N–H and O–H groups in total. The standard InChI is InChI=1S/2C23H37NO5.2C20H31N3O2/c1-6-9-17(22(28)21(27)14-29-23(3,4)5)13-20(26)19-12-16-10-7-8-11-18(16)24(19)15(2)25;1-5-8-18(23(28)22(27)14-29-13-15(2)3)12-21(26)20-11-17-9-6-7-10-19(17)24(20)16(4)25;2*1-14(20(2,3)4)23-19(25)16(15-8-6-5-7-9-15)12-18(24)17-13-21-10-11-22-17/h16-19H,6-14H2,1-5H3;15,17-20H,5-14H2,1-4H3;2*10-11,13-16H,5-9,12H2,1-4H3,(H,23,25)/t16-,17+,18-,19-;17-,18+,19-,20-;2*14-,16+/m0011/s1. The molecule has 0 aromatic carbocycles. The fourth-order valence-electron chi connectivity index (χ4n) is 16.4. The number of ether oxygens (including phenoxy) is 2. The summed E-state index contributed by atoms with van der Waals surface area (Å²) in [5, 5.41) is 6.29. The second-order valence-corrected chi connectivity index (χ2v) is 35.4. The van der Waals surface area contributed by atoms with Gasteiger partial charge in [-0.25, -0.2) is 9.97 Å². The first-order valence-corrected chi connectivity index (χ1v) is 41.1. The van der Waals surface area contributed by atoms with Crippen molar-refractivity contribution in [1.82, 2.24) is 40.4 Å². The van der Waals surface area contributed by atoms with E-state index in [0.29, 0.717) is 61.9 Å². The van der Waals surface area contributed by atoms with Gasteiger partial charge in [0.05, 0.1) is 30.1 Å². The molecule has 22 nitrogen and oxygen atoms in total. The third-order valence-corrected chi connectivity index (χ3v) is 23.4. The molecule has 4 aliphatic carbocycles. The first-order chi connectivity index (χ1) is 50.9. The molecule has 0 unspecified atom stereocenters. The van der Waals surface area contributed by atoms with E-state index in [1.54, 1.807) is 22.2 Å². The third-order valence-electron chi connectivity index (χ3n) is 23.4. The van der Waals surface area contributed by atoms with Crippen molar-refractivity contribution in [3.8, 4) is 0 Å². The van der Waals surface area contributed by atoms with E-state index in [1.165, 1.54) is 51.5 Å². The van der Waals surface area contributed by atoms with E-state index >= 15 is 0 Å². The van der Waals surface area contributed by atoms with Crippen molar-refractivity contribution in [2.24, 2.45) is 64.1 Å². The van der Waals surface area contributed by atoms with Gasteiger partial charge in [0.1, 0.15) is 24.6 Å². The lowest BCUT2D eigenvalue weighted by Crippen LogP contribution is -2.46. The summed E-state index contributed by atoms with van der Waals surface area (Å²) < 4.78 is 10.8. The summed E-state index contributed by atoms with van der Waals surface area (Å²) >= 11 is 0. The maximum Gasteiger partial charge on any atom is 0.224 e. The minimum absolute atomic E-state index is 0.00608. The van der Waals surface area contributed by atoms with E-state index in [0.717, 1.165) is 109 Å². The molecule has 2 aliphatic heterocycles. The molecule has 6 aliphatic rings. The van der Waals surface area contributed by atoms with Crippen molar-refractivity contribution in [2.75, 3.05) is 19.8 Å². The monoisotopic (exact) mass is 1510 g/mol. The number of amides is 4. The lowest BCUT2D eigenvalue weighted by Gasteiger charge is -2.33. The van der Waals surface area contributed by atoms with Crippen LogP contribution in [-0.2, 0) is 57.4 Å². The van der Waals surface area contributed by atoms with Crippen LogP contribution in [0.3, 0.4) is 0 Å². The number of aromatic nitrogens is 4. The summed E-state index contributed by atoms with van der Waals surface area (Å²) in [6.07, 6.45) is 33.0. The summed E-state index contributed by atoms with van der Waals surface area (Å²) in [4.78, 5) is 172. The molecule has 12 atom stereocenters. The first kappa shape index (κ1) is 91.9. The molecular weight excluding hydrogens is 1370 g/mol. The number of ketones is 8. The fraction of sp³-hybridized carbons (Fsp3) is 0.767. The SMILES string of the molecule is CCC[C@H](CC(=O)[C@@H]1C[C@@H]2CCCC[C@@H]2N1C(C)=O)C(=O)C(=O)COC(C)(C)C.CCC[C@H](CC(=O)[C@@H]1C[C@@H]2CCCC[C@@H]2N1C(C)=O)C(=O)C(=O)COCC(C)C.C[C@@H](NC(=O)[C@@H](CC(=O)c1cnccn1)C1CCCCC1)C(C)(C)C.C[C@@H](NC(=O)[C@@H](CC(=O)c1cnccn1)C1CCCCC1)C(C)(C)C. The highest BCUT2D eigenvalue weighted by molar-refractivity contribution is 6.39. The summed E-state index contributed by atoms with van der Waals surface area (Å²) in [6.45, 7) is 33.0. The Kier molecular flexibility index (Phi) is 37.8. The summed E-state index contributed by atoms with van der Waals surface area (Å²) in [7, 11) is 0. The molecule has 4 heterocycles. The van der Waals surface area contributed by atoms with E-state index < -0.39 is 52.7 Å². The van der Waals surface area contributed by atoms with Crippen molar-refractivity contribution in [3.05, 3.63) is 48.6 Å². The number of hydrogen-bond acceptors (Lipinski definition) is 18. The van der Waals surface area contributed by atoms with E-state index in [9.17, 15) is 57.5 Å². The van der Waals surface area contributed by atoms with Crippen LogP contribution in [0.25, 0.3) is 0 Å². The number of Topliss-reactive ketones (excluding diaryl/α,β-unsaturated/α-hetero) is 8. The molecule has 2 aromatic rings. The van der Waals surface area contributed by atoms with Crippen molar-refractivity contribution in [3.63, 3.8) is 0 Å². The van der Waals surface area contributed by atoms with Gasteiger partial charge >= 0.3 is 0 Å². The average Bonchev–Trinajstić information content (AvgIpc) is 1.65. The Labute approximate surface area is 646 Å². The molecule has 2 aromatic heterocycles. The number of carbonyl (C=O) groups excluding carboxylic acids is 12. The van der Waals surface area contributed by atoms with Crippen molar-refractivity contribution < 1.29 is 67.0 Å². The zero-order valence-electron chi connectivity index (χ0n) is 68.9. The molecular formula is C86H136N8O14. The Bertz CT molecular complexity index is 3150. The minimum Gasteiger partial charge on any atom is -0.373 e. The van der Waals surface area contributed by atoms with Gasteiger partial charge in [-0.2, -0.15) is 0 Å². The van der Waals surface area contributed by atoms with Gasteiger partial charge in [-0.15, -0.1) is 0 Å². The van der Waals surface area contributed by atoms with Gasteiger partial charge in [0.15, 0.2) is 23.1 Å². The third kappa shape index (κ3) is 29.2. The highest BCUT2D eigenvalue weighted by Crippen LogP contribution is 2.43. The van der Waals surface area contributed by atoms with Crippen LogP contribution >= 0.6 is 0 Å². The van der Waals surface area contributed by atoms with Crippen molar-refractivity contribution >= 4 is 69.9 Å². The van der Waals surface area contributed by atoms with Crippen LogP contribution in [0.5, 0.6) is 0 Å². The van der Waals surface area contributed by atoms with Crippen LogP contribution in [-0.4, -0.2) is 161 Å². The molecule has 4 amide bonds. The predicted molar refractivity (Wildman–Crippen MR) is 417 cm³/mol. The normalized spacial score (nSPS) is 22.1. The van der Waals surface area contributed by atoms with Gasteiger partial charge in [0.25, 0.3) is 0 Å². The molecule has 0 spiro atoms. The topological polar surface area (TPSA) is 305 Å². The fourth-order valence-corrected chi connectivity index (χ4v) is 16.4. The second-order valence-electron chi connectivity index (χ2n) is 35.4. The van der Waals surface area contributed by atoms with Gasteiger partial charge in [-0.3, -0.25) is 67.5 Å². The lowest BCUT2D eigenvalue weighted by atomic mass is 9.76. The van der Waals surface area contributed by atoms with E-state index in [2.05, 4.69) is 72.1 Å². The van der Waals surface area contributed by atoms with Crippen molar-refractivity contribution in [1.29, 1.82) is 0 Å². The second kappa shape index (κ2) is 44.4. The highest BCUT2D eigenvalue weighted by Gasteiger charge is 2.49. The molecule has 4 saturated carbocycles. The van der Waals surface area contributed by atoms with Gasteiger partial charge in [0.2, 0.25) is 46.8 Å². The van der Waals surface area contributed by atoms with Crippen LogP contribution in [0.4, 0.5) is 0 Å². The zero-order chi connectivity index (χ0) is 80.2. The van der Waals surface area contributed by atoms with Gasteiger partial charge < -0.3 is 29.9 Å². The number of fused-ring (bicyclic) bond motifs is 2. The Morgan fingerprint density at radius 3 is 1.17 bits per heavy atom. The zero-order valence-corrected chi connectivity index (χ0v) is 68.9. The molecule has 22 heteroatoms. The summed E-state index contributed by atoms with van der Waals surface area (Å²) in [5.41, 5.74) is 0.164. The van der Waals surface area contributed by atoms with Crippen LogP contribution in [0, 0.1) is 64.1 Å². The van der Waals surface area contributed by atoms with Crippen LogP contribution in [0.2, 0.25) is 0 Å². The van der Waals surface area contributed by atoms with Gasteiger partial charge in [-0.1, -0.05) is 146 Å². The first-order valence-electron chi connectivity index (χ1n) is 41.1. The predicted octanol–water partition coefficient (Wildman–Crippen LogP) is 14.4. The number of nitrogens with one attached hydrogen (secondary N) is 2. The smallest absolute Gasteiger partial charge is 0.224 e. The average molecular weight is 1510 g/mol. The number of rotatable bonds is 32. The lowest BCUT2D eigenvalue weighted by molar-refractivity contribution is -0.145. The number of carbonyl (C=O) groups is 12. The molecule has 604 valence electrons. The molecule has 8 rings (SSSR count). The molecule has 0 radical (unpaired) electrons. The van der Waals surface area contributed by atoms with Crippen LogP contribution in [0.1, 0.15) is 318 Å². The number of likely N-dealkylation sites (tertiary alicyclic amines) is 2. The van der Waals surface area contributed by atoms with Crippen LogP contribution in [0.15, 0.2) is 37.2 Å². The minimum atomic E-state index is -0.625. The van der Waals surface area contributed by atoms with E-state index in [1.807, 2.05) is 62.3 Å². The Hall–Kier alpha value is -6.68. The van der Waals surface area contributed by atoms with Gasteiger partial charge in [0, 0.05) is 119 Å². The maximum atomic E-state index is 13.1. The quantitative estimate of drug-likeness (QED) is 0.0508. The van der Waals surface area contributed by atoms with Crippen molar-refractivity contribution in [2.45, 2.75) is 339 Å². The summed E-state index contributed by atoms with van der Waals surface area (Å²) in [5.74, 6) is -2.79. The molecule has 108 heavy (non-hydrogen) atoms. The highest BCUT2D eigenvalue weighted by atomic mass is 16.5. The van der Waals surface area contributed by atoms with E-state index in [-0.39, 0.29) is 150 Å². The number of hydrogen-bond donors (Lipinski definition) is 2. The van der Waals surface area contributed by atoms with Crippen LogP contribution < -0.4 is 10.6 Å². The van der Waals surface area contributed by atoms with E-state index in [4.69, 9.17) is 9.47 Å². The largest absolute Gasteiger partial charge is 0.373 e.